The minimum absolute atomic E-state index is 0.626. The van der Waals surface area contributed by atoms with Gasteiger partial charge in [0.25, 0.3) is 0 Å². The van der Waals surface area contributed by atoms with Crippen LogP contribution in [0.2, 0.25) is 0 Å². The van der Waals surface area contributed by atoms with Crippen LogP contribution in [0.5, 0.6) is 0 Å². The normalized spacial score (nSPS) is 10.7. The molecule has 0 aliphatic rings. The maximum Gasteiger partial charge on any atom is 0.106 e. The quantitative estimate of drug-likeness (QED) is 0.460. The molecule has 0 aliphatic carbocycles. The Morgan fingerprint density at radius 2 is 1.83 bits per heavy atom. The van der Waals surface area contributed by atoms with Gasteiger partial charge in [-0.15, -0.1) is 0 Å². The molecule has 1 aromatic rings. The van der Waals surface area contributed by atoms with E-state index in [0.717, 1.165) is 17.4 Å². The van der Waals surface area contributed by atoms with E-state index >= 15 is 0 Å². The van der Waals surface area contributed by atoms with E-state index in [2.05, 4.69) is 4.98 Å². The van der Waals surface area contributed by atoms with E-state index in [9.17, 15) is 0 Å². The molecule has 0 fully saturated rings. The predicted molar refractivity (Wildman–Crippen MR) is 76.1 cm³/mol. The third kappa shape index (κ3) is 8.77. The van der Waals surface area contributed by atoms with Crippen molar-refractivity contribution in [2.45, 2.75) is 5.03 Å². The molecule has 0 unspecified atom stereocenters. The van der Waals surface area contributed by atoms with Crippen LogP contribution in [0.25, 0.3) is 0 Å². The number of pyridine rings is 1. The number of rotatable bonds is 11. The third-order valence-electron chi connectivity index (χ3n) is 1.90. The van der Waals surface area contributed by atoms with Crippen molar-refractivity contribution in [2.24, 2.45) is 0 Å². The average Bonchev–Trinajstić information content (AvgIpc) is 2.42. The number of aromatic nitrogens is 1. The minimum atomic E-state index is 0.626. The number of methoxy groups -OCH3 is 1. The highest BCUT2D eigenvalue weighted by atomic mass is 33.1. The second-order valence-corrected chi connectivity index (χ2v) is 5.73. The first-order valence-corrected chi connectivity index (χ1v) is 8.10. The lowest BCUT2D eigenvalue weighted by atomic mass is 10.5. The molecule has 6 heteroatoms. The zero-order valence-corrected chi connectivity index (χ0v) is 12.2. The fraction of sp³-hybridized carbons (Fsp3) is 0.583. The highest BCUT2D eigenvalue weighted by Gasteiger charge is 1.95. The second-order valence-electron chi connectivity index (χ2n) is 3.29. The summed E-state index contributed by atoms with van der Waals surface area (Å²) in [5.41, 5.74) is 0. The second kappa shape index (κ2) is 11.8. The Kier molecular flexibility index (Phi) is 10.3. The van der Waals surface area contributed by atoms with Crippen LogP contribution in [0.15, 0.2) is 29.4 Å². The van der Waals surface area contributed by atoms with Gasteiger partial charge in [-0.2, -0.15) is 0 Å². The van der Waals surface area contributed by atoms with Gasteiger partial charge >= 0.3 is 0 Å². The summed E-state index contributed by atoms with van der Waals surface area (Å²) in [5.74, 6) is 0.944. The molecule has 0 spiro atoms. The molecule has 1 aromatic heterocycles. The highest BCUT2D eigenvalue weighted by Crippen LogP contribution is 2.28. The van der Waals surface area contributed by atoms with Gasteiger partial charge < -0.3 is 14.2 Å². The van der Waals surface area contributed by atoms with Crippen LogP contribution in [-0.4, -0.2) is 50.9 Å². The van der Waals surface area contributed by atoms with Crippen LogP contribution in [-0.2, 0) is 14.2 Å². The highest BCUT2D eigenvalue weighted by molar-refractivity contribution is 8.76. The monoisotopic (exact) mass is 289 g/mol. The van der Waals surface area contributed by atoms with Crippen molar-refractivity contribution in [2.75, 3.05) is 45.9 Å². The summed E-state index contributed by atoms with van der Waals surface area (Å²) in [6, 6.07) is 5.91. The Morgan fingerprint density at radius 3 is 2.56 bits per heavy atom. The Morgan fingerprint density at radius 1 is 1.06 bits per heavy atom. The summed E-state index contributed by atoms with van der Waals surface area (Å²) in [7, 11) is 5.08. The summed E-state index contributed by atoms with van der Waals surface area (Å²) in [6.07, 6.45) is 1.80. The fourth-order valence-electron chi connectivity index (χ4n) is 1.06. The van der Waals surface area contributed by atoms with Crippen LogP contribution in [0.3, 0.4) is 0 Å². The molecule has 0 radical (unpaired) electrons. The van der Waals surface area contributed by atoms with E-state index < -0.39 is 0 Å². The molecule has 102 valence electrons. The van der Waals surface area contributed by atoms with Gasteiger partial charge in [-0.1, -0.05) is 16.9 Å². The van der Waals surface area contributed by atoms with Gasteiger partial charge in [-0.3, -0.25) is 0 Å². The van der Waals surface area contributed by atoms with E-state index in [-0.39, 0.29) is 0 Å². The van der Waals surface area contributed by atoms with Crippen LogP contribution in [0.4, 0.5) is 0 Å². The van der Waals surface area contributed by atoms with Crippen molar-refractivity contribution in [1.29, 1.82) is 0 Å². The predicted octanol–water partition coefficient (Wildman–Crippen LogP) is 2.50. The number of hydrogen-bond acceptors (Lipinski definition) is 6. The van der Waals surface area contributed by atoms with Gasteiger partial charge in [0, 0.05) is 19.1 Å². The fourth-order valence-corrected chi connectivity index (χ4v) is 2.80. The van der Waals surface area contributed by atoms with E-state index in [1.807, 2.05) is 18.2 Å². The van der Waals surface area contributed by atoms with Crippen molar-refractivity contribution in [3.05, 3.63) is 24.4 Å². The van der Waals surface area contributed by atoms with E-state index in [1.165, 1.54) is 0 Å². The minimum Gasteiger partial charge on any atom is -0.382 e. The van der Waals surface area contributed by atoms with Gasteiger partial charge in [0.05, 0.1) is 33.0 Å². The number of nitrogens with zero attached hydrogens (tertiary/aromatic N) is 1. The summed E-state index contributed by atoms with van der Waals surface area (Å²) in [6.45, 7) is 3.26. The van der Waals surface area contributed by atoms with E-state index in [4.69, 9.17) is 14.2 Å². The molecular formula is C12H19NO3S2. The maximum absolute atomic E-state index is 5.43. The molecule has 0 saturated heterocycles. The van der Waals surface area contributed by atoms with E-state index in [0.29, 0.717) is 26.4 Å². The lowest BCUT2D eigenvalue weighted by Gasteiger charge is -2.05. The Hall–Kier alpha value is -0.270. The molecule has 4 nitrogen and oxygen atoms in total. The number of hydrogen-bond donors (Lipinski definition) is 0. The van der Waals surface area contributed by atoms with Gasteiger partial charge in [0.2, 0.25) is 0 Å². The van der Waals surface area contributed by atoms with Crippen molar-refractivity contribution < 1.29 is 14.2 Å². The van der Waals surface area contributed by atoms with Gasteiger partial charge in [0.1, 0.15) is 5.03 Å². The zero-order valence-electron chi connectivity index (χ0n) is 10.5. The van der Waals surface area contributed by atoms with Gasteiger partial charge in [-0.05, 0) is 22.9 Å². The summed E-state index contributed by atoms with van der Waals surface area (Å²) in [5, 5.41) is 1.03. The first-order valence-electron chi connectivity index (χ1n) is 5.78. The first kappa shape index (κ1) is 15.8. The maximum atomic E-state index is 5.43. The molecule has 0 amide bonds. The standard InChI is InChI=1S/C12H19NO3S2/c1-14-6-7-15-8-9-16-10-11-17-18-12-4-2-3-5-13-12/h2-5H,6-11H2,1H3. The molecule has 0 bridgehead atoms. The zero-order chi connectivity index (χ0) is 12.9. The molecular weight excluding hydrogens is 270 g/mol. The molecule has 18 heavy (non-hydrogen) atoms. The third-order valence-corrected chi connectivity index (χ3v) is 4.13. The Bertz CT molecular complexity index is 288. The summed E-state index contributed by atoms with van der Waals surface area (Å²) in [4.78, 5) is 4.22. The Labute approximate surface area is 116 Å². The summed E-state index contributed by atoms with van der Waals surface area (Å²) >= 11 is 0. The van der Waals surface area contributed by atoms with Crippen LogP contribution in [0.1, 0.15) is 0 Å². The van der Waals surface area contributed by atoms with Crippen molar-refractivity contribution in [1.82, 2.24) is 4.98 Å². The molecule has 0 saturated carbocycles. The topological polar surface area (TPSA) is 40.6 Å². The molecule has 0 N–H and O–H groups in total. The van der Waals surface area contributed by atoms with Crippen LogP contribution < -0.4 is 0 Å². The molecule has 0 aliphatic heterocycles. The van der Waals surface area contributed by atoms with E-state index in [1.54, 1.807) is 34.9 Å². The molecule has 1 heterocycles. The van der Waals surface area contributed by atoms with Crippen LogP contribution in [0, 0.1) is 0 Å². The largest absolute Gasteiger partial charge is 0.382 e. The van der Waals surface area contributed by atoms with Gasteiger partial charge in [-0.25, -0.2) is 4.98 Å². The number of ether oxygens (including phenoxy) is 3. The smallest absolute Gasteiger partial charge is 0.106 e. The molecule has 0 atom stereocenters. The lowest BCUT2D eigenvalue weighted by Crippen LogP contribution is -2.09. The average molecular weight is 289 g/mol. The van der Waals surface area contributed by atoms with Gasteiger partial charge in [0.15, 0.2) is 0 Å². The van der Waals surface area contributed by atoms with Crippen molar-refractivity contribution in [3.63, 3.8) is 0 Å². The SMILES string of the molecule is COCCOCCOCCSSc1ccccn1. The van der Waals surface area contributed by atoms with Crippen molar-refractivity contribution >= 4 is 21.6 Å². The Balaban J connectivity index is 1.82. The van der Waals surface area contributed by atoms with Crippen LogP contribution >= 0.6 is 21.6 Å². The first-order chi connectivity index (χ1) is 8.93. The lowest BCUT2D eigenvalue weighted by molar-refractivity contribution is 0.0286. The molecule has 0 aromatic carbocycles. The summed E-state index contributed by atoms with van der Waals surface area (Å²) < 4.78 is 15.6. The van der Waals surface area contributed by atoms with Crippen molar-refractivity contribution in [3.8, 4) is 0 Å². The molecule has 1 rings (SSSR count).